The maximum atomic E-state index is 11.1. The molecule has 0 saturated heterocycles. The fraction of sp³-hybridized carbons (Fsp3) is 0.333. The lowest BCUT2D eigenvalue weighted by atomic mass is 10.1. The third-order valence-corrected chi connectivity index (χ3v) is 6.25. The normalized spacial score (nSPS) is 10.5. The zero-order valence-corrected chi connectivity index (χ0v) is 23.4. The van der Waals surface area contributed by atoms with Gasteiger partial charge in [-0.3, -0.25) is 30.2 Å². The molecule has 2 aromatic heterocycles. The van der Waals surface area contributed by atoms with E-state index in [1.54, 1.807) is 12.1 Å². The van der Waals surface area contributed by atoms with Crippen LogP contribution >= 0.6 is 24.8 Å². The summed E-state index contributed by atoms with van der Waals surface area (Å²) in [5.41, 5.74) is 4.87. The van der Waals surface area contributed by atoms with Crippen molar-refractivity contribution >= 4 is 69.4 Å². The van der Waals surface area contributed by atoms with Crippen molar-refractivity contribution < 1.29 is 9.85 Å². The maximum absolute atomic E-state index is 11.1. The van der Waals surface area contributed by atoms with Gasteiger partial charge in [-0.05, 0) is 51.0 Å². The van der Waals surface area contributed by atoms with Crippen LogP contribution in [0.2, 0.25) is 0 Å². The topological polar surface area (TPSA) is 136 Å². The molecule has 0 radical (unpaired) electrons. The number of nitrogens with one attached hydrogen (secondary N) is 2. The number of non-ortho nitro benzene ring substituents is 2. The Bertz CT molecular complexity index is 1360. The van der Waals surface area contributed by atoms with Crippen LogP contribution in [-0.2, 0) is 0 Å². The van der Waals surface area contributed by atoms with Gasteiger partial charge in [-0.1, -0.05) is 19.3 Å². The number of nitro groups is 2. The molecular weight excluding hydrogens is 543 g/mol. The van der Waals surface area contributed by atoms with E-state index in [1.165, 1.54) is 24.3 Å². The number of rotatable bonds is 12. The number of benzene rings is 2. The van der Waals surface area contributed by atoms with E-state index in [1.807, 2.05) is 26.0 Å². The van der Waals surface area contributed by atoms with E-state index in [0.29, 0.717) is 11.0 Å². The number of hydrogen-bond acceptors (Lipinski definition) is 8. The van der Waals surface area contributed by atoms with Gasteiger partial charge in [0.2, 0.25) is 0 Å². The molecule has 39 heavy (non-hydrogen) atoms. The molecule has 0 fully saturated rings. The number of anilines is 2. The SMILES string of the molecule is Cc1cc(NCCCCCCCNc2cc(C)nc3cc([N+](=O)[O-])ccc23)c2ccc([N+](=O)[O-])cc2n1.Cl.Cl. The number of unbranched alkanes of at least 4 members (excludes halogenated alkanes) is 4. The first-order chi connectivity index (χ1) is 17.8. The van der Waals surface area contributed by atoms with Crippen molar-refractivity contribution in [3.05, 3.63) is 80.1 Å². The molecule has 0 saturated carbocycles. The van der Waals surface area contributed by atoms with Crippen LogP contribution in [0.15, 0.2) is 48.5 Å². The zero-order chi connectivity index (χ0) is 26.4. The van der Waals surface area contributed by atoms with Crippen LogP contribution < -0.4 is 10.6 Å². The number of pyridine rings is 2. The zero-order valence-electron chi connectivity index (χ0n) is 21.8. The van der Waals surface area contributed by atoms with Gasteiger partial charge < -0.3 is 10.6 Å². The molecule has 0 atom stereocenters. The molecule has 0 spiro atoms. The summed E-state index contributed by atoms with van der Waals surface area (Å²) in [7, 11) is 0. The number of halogens is 2. The molecule has 2 heterocycles. The second-order valence-electron chi connectivity index (χ2n) is 9.16. The van der Waals surface area contributed by atoms with Crippen LogP contribution in [0.5, 0.6) is 0 Å². The van der Waals surface area contributed by atoms with Crippen LogP contribution in [0.3, 0.4) is 0 Å². The highest BCUT2D eigenvalue weighted by Crippen LogP contribution is 2.28. The van der Waals surface area contributed by atoms with Crippen LogP contribution in [0.1, 0.15) is 43.5 Å². The number of nitro benzene ring substituents is 2. The van der Waals surface area contributed by atoms with Gasteiger partial charge in [-0.25, -0.2) is 0 Å². The summed E-state index contributed by atoms with van der Waals surface area (Å²) in [5.74, 6) is 0. The summed E-state index contributed by atoms with van der Waals surface area (Å²) in [6.07, 6.45) is 5.36. The quantitative estimate of drug-likeness (QED) is 0.100. The van der Waals surface area contributed by atoms with Crippen molar-refractivity contribution in [3.8, 4) is 0 Å². The first kappa shape index (κ1) is 31.5. The van der Waals surface area contributed by atoms with Crippen LogP contribution in [0.4, 0.5) is 22.7 Å². The molecule has 4 aromatic rings. The van der Waals surface area contributed by atoms with Crippen LogP contribution in [0.25, 0.3) is 21.8 Å². The van der Waals surface area contributed by atoms with Crippen molar-refractivity contribution in [1.82, 2.24) is 9.97 Å². The van der Waals surface area contributed by atoms with Gasteiger partial charge in [0.1, 0.15) is 0 Å². The van der Waals surface area contributed by atoms with Crippen LogP contribution in [-0.4, -0.2) is 32.9 Å². The lowest BCUT2D eigenvalue weighted by Gasteiger charge is -2.12. The standard InChI is InChI=1S/C27H30N6O4.2ClH/c1-18-14-24(22-10-8-20(32(34)35)16-26(22)30-18)28-12-6-4-3-5-7-13-29-25-15-19(2)31-27-17-21(33(36)37)9-11-23(25)27;;/h8-11,14-17H,3-7,12-13H2,1-2H3,(H,28,30)(H,29,31);2*1H. The van der Waals surface area contributed by atoms with Gasteiger partial charge >= 0.3 is 0 Å². The van der Waals surface area contributed by atoms with E-state index in [9.17, 15) is 20.2 Å². The predicted molar refractivity (Wildman–Crippen MR) is 161 cm³/mol. The Morgan fingerprint density at radius 2 is 1.03 bits per heavy atom. The van der Waals surface area contributed by atoms with Crippen LogP contribution in [0, 0.1) is 34.1 Å². The first-order valence-electron chi connectivity index (χ1n) is 12.4. The number of aromatic nitrogens is 2. The highest BCUT2D eigenvalue weighted by atomic mass is 35.5. The highest BCUT2D eigenvalue weighted by molar-refractivity contribution is 5.93. The smallest absolute Gasteiger partial charge is 0.271 e. The second-order valence-corrected chi connectivity index (χ2v) is 9.16. The average molecular weight is 575 g/mol. The summed E-state index contributed by atoms with van der Waals surface area (Å²) < 4.78 is 0. The summed E-state index contributed by atoms with van der Waals surface area (Å²) in [5, 5.41) is 30.8. The third-order valence-electron chi connectivity index (χ3n) is 6.25. The second kappa shape index (κ2) is 14.4. The van der Waals surface area contributed by atoms with E-state index in [0.717, 1.165) is 78.7 Å². The lowest BCUT2D eigenvalue weighted by Crippen LogP contribution is -2.04. The molecule has 0 aliphatic carbocycles. The lowest BCUT2D eigenvalue weighted by molar-refractivity contribution is -0.384. The fourth-order valence-corrected chi connectivity index (χ4v) is 4.44. The number of fused-ring (bicyclic) bond motifs is 2. The van der Waals surface area contributed by atoms with Crippen molar-refractivity contribution in [2.24, 2.45) is 0 Å². The molecule has 0 amide bonds. The number of nitrogens with zero attached hydrogens (tertiary/aromatic N) is 4. The minimum absolute atomic E-state index is 0. The molecule has 0 aliphatic heterocycles. The van der Waals surface area contributed by atoms with E-state index < -0.39 is 9.85 Å². The fourth-order valence-electron chi connectivity index (χ4n) is 4.44. The molecule has 0 bridgehead atoms. The molecule has 208 valence electrons. The Hall–Kier alpha value is -3.76. The molecule has 2 N–H and O–H groups in total. The maximum Gasteiger partial charge on any atom is 0.271 e. The van der Waals surface area contributed by atoms with Gasteiger partial charge in [0.05, 0.1) is 20.9 Å². The summed E-state index contributed by atoms with van der Waals surface area (Å²) >= 11 is 0. The Morgan fingerprint density at radius 3 is 1.41 bits per heavy atom. The molecule has 12 heteroatoms. The van der Waals surface area contributed by atoms with Gasteiger partial charge in [-0.15, -0.1) is 24.8 Å². The van der Waals surface area contributed by atoms with Gasteiger partial charge in [0.15, 0.2) is 0 Å². The number of hydrogen-bond donors (Lipinski definition) is 2. The Kier molecular flexibility index (Phi) is 11.6. The molecule has 10 nitrogen and oxygen atoms in total. The summed E-state index contributed by atoms with van der Waals surface area (Å²) in [4.78, 5) is 30.2. The van der Waals surface area contributed by atoms with Crippen molar-refractivity contribution in [1.29, 1.82) is 0 Å². The molecule has 2 aromatic carbocycles. The molecule has 4 rings (SSSR count). The Labute approximate surface area is 238 Å². The third kappa shape index (κ3) is 8.11. The molecular formula is C27H32Cl2N6O4. The first-order valence-corrected chi connectivity index (χ1v) is 12.4. The van der Waals surface area contributed by atoms with Crippen molar-refractivity contribution in [3.63, 3.8) is 0 Å². The minimum Gasteiger partial charge on any atom is -0.384 e. The highest BCUT2D eigenvalue weighted by Gasteiger charge is 2.11. The largest absolute Gasteiger partial charge is 0.384 e. The van der Waals surface area contributed by atoms with E-state index in [4.69, 9.17) is 0 Å². The molecule has 0 unspecified atom stereocenters. The monoisotopic (exact) mass is 574 g/mol. The van der Waals surface area contributed by atoms with Crippen molar-refractivity contribution in [2.45, 2.75) is 46.0 Å². The van der Waals surface area contributed by atoms with Gasteiger partial charge in [0.25, 0.3) is 11.4 Å². The minimum atomic E-state index is -0.402. The summed E-state index contributed by atoms with van der Waals surface area (Å²) in [6, 6.07) is 13.5. The number of aryl methyl sites for hydroxylation is 2. The van der Waals surface area contributed by atoms with Gasteiger partial charge in [0, 0.05) is 70.9 Å². The predicted octanol–water partition coefficient (Wildman–Crippen LogP) is 7.53. The van der Waals surface area contributed by atoms with Crippen molar-refractivity contribution in [2.75, 3.05) is 23.7 Å². The van der Waals surface area contributed by atoms with E-state index >= 15 is 0 Å². The Morgan fingerprint density at radius 1 is 0.641 bits per heavy atom. The van der Waals surface area contributed by atoms with E-state index in [2.05, 4.69) is 20.6 Å². The Balaban J connectivity index is 0.00000267. The van der Waals surface area contributed by atoms with Gasteiger partial charge in [-0.2, -0.15) is 0 Å². The average Bonchev–Trinajstić information content (AvgIpc) is 2.86. The molecule has 0 aliphatic rings. The van der Waals surface area contributed by atoms with E-state index in [-0.39, 0.29) is 36.2 Å². The summed E-state index contributed by atoms with van der Waals surface area (Å²) in [6.45, 7) is 5.42.